The summed E-state index contributed by atoms with van der Waals surface area (Å²) in [5.41, 5.74) is 2.73. The van der Waals surface area contributed by atoms with Gasteiger partial charge in [0.2, 0.25) is 0 Å². The zero-order valence-electron chi connectivity index (χ0n) is 15.8. The number of hydrogen-bond acceptors (Lipinski definition) is 4. The van der Waals surface area contributed by atoms with E-state index >= 15 is 0 Å². The predicted molar refractivity (Wildman–Crippen MR) is 109 cm³/mol. The summed E-state index contributed by atoms with van der Waals surface area (Å²) in [5.74, 6) is 0.731. The van der Waals surface area contributed by atoms with Crippen LogP contribution in [0.15, 0.2) is 66.7 Å². The molecule has 29 heavy (non-hydrogen) atoms. The van der Waals surface area contributed by atoms with Crippen molar-refractivity contribution in [3.05, 3.63) is 85.0 Å². The van der Waals surface area contributed by atoms with Gasteiger partial charge in [0.25, 0.3) is 5.91 Å². The van der Waals surface area contributed by atoms with Gasteiger partial charge >= 0.3 is 21.2 Å². The Kier molecular flexibility index (Phi) is 7.26. The van der Waals surface area contributed by atoms with Crippen LogP contribution < -0.4 is 48.2 Å². The quantitative estimate of drug-likeness (QED) is 0.308. The van der Waals surface area contributed by atoms with E-state index in [1.807, 2.05) is 55.5 Å². The van der Waals surface area contributed by atoms with Crippen LogP contribution in [0.3, 0.4) is 0 Å². The lowest BCUT2D eigenvalue weighted by Gasteiger charge is -2.00. The van der Waals surface area contributed by atoms with E-state index in [-0.39, 0.29) is 44.1 Å². The number of anilines is 1. The molecular weight excluding hydrogens is 563 g/mol. The number of halogens is 2. The molecular formula is C22H18BrIN2O2S. The van der Waals surface area contributed by atoms with Crippen molar-refractivity contribution < 1.29 is 47.7 Å². The number of benzene rings is 3. The predicted octanol–water partition coefficient (Wildman–Crippen LogP) is -1.00. The first-order chi connectivity index (χ1) is 13.6. The number of ether oxygens (including phenoxy) is 1. The van der Waals surface area contributed by atoms with Crippen LogP contribution >= 0.6 is 11.3 Å². The largest absolute Gasteiger partial charge is 1.00 e. The topological polar surface area (TPSA) is 51.2 Å². The minimum atomic E-state index is -0.286. The highest BCUT2D eigenvalue weighted by Gasteiger charge is 2.17. The van der Waals surface area contributed by atoms with Gasteiger partial charge in [0, 0.05) is 5.56 Å². The molecule has 0 saturated carbocycles. The Morgan fingerprint density at radius 3 is 2.31 bits per heavy atom. The van der Waals surface area contributed by atoms with Gasteiger partial charge in [-0.15, -0.1) is 0 Å². The van der Waals surface area contributed by atoms with Crippen LogP contribution in [0.5, 0.6) is 5.75 Å². The van der Waals surface area contributed by atoms with Crippen LogP contribution in [0.2, 0.25) is 0 Å². The maximum atomic E-state index is 12.5. The summed E-state index contributed by atoms with van der Waals surface area (Å²) < 4.78 is 8.84. The molecule has 0 atom stereocenters. The molecule has 4 nitrogen and oxygen atoms in total. The molecule has 0 aliphatic heterocycles. The fraction of sp³-hybridized carbons (Fsp3) is 0.0909. The standard InChI is InChI=1S/C22H17IN2O2S.BrH/c1-14-3-12-19-20(13-14)28-22(24-19)25-21(26)15-4-6-16(7-5-15)23-17-8-10-18(27-2)11-9-17;/h3-13H,1-2H3;1H. The minimum absolute atomic E-state index is 0. The van der Waals surface area contributed by atoms with E-state index in [1.54, 1.807) is 7.11 Å². The number of carbonyl (C=O) groups is 1. The molecule has 3 aromatic carbocycles. The number of amides is 1. The number of rotatable bonds is 5. The molecule has 4 aromatic rings. The Balaban J connectivity index is 0.00000240. The van der Waals surface area contributed by atoms with Gasteiger partial charge in [0.05, 0.1) is 17.3 Å². The first kappa shape index (κ1) is 21.7. The second-order valence-electron chi connectivity index (χ2n) is 6.20. The monoisotopic (exact) mass is 580 g/mol. The number of nitrogens with one attached hydrogen (secondary N) is 1. The Labute approximate surface area is 194 Å². The zero-order valence-corrected chi connectivity index (χ0v) is 20.3. The average molecular weight is 581 g/mol. The van der Waals surface area contributed by atoms with Gasteiger partial charge < -0.3 is 21.7 Å². The zero-order chi connectivity index (χ0) is 19.5. The number of thiazole rings is 1. The summed E-state index contributed by atoms with van der Waals surface area (Å²) in [6.07, 6.45) is 0. The lowest BCUT2D eigenvalue weighted by atomic mass is 10.2. The molecule has 1 amide bonds. The molecule has 7 heteroatoms. The lowest BCUT2D eigenvalue weighted by molar-refractivity contribution is -0.597. The smallest absolute Gasteiger partial charge is 0.357 e. The van der Waals surface area contributed by atoms with Gasteiger partial charge in [-0.25, -0.2) is 4.98 Å². The summed E-state index contributed by atoms with van der Waals surface area (Å²) in [7, 11) is 1.67. The van der Waals surface area contributed by atoms with Crippen molar-refractivity contribution in [2.45, 2.75) is 6.92 Å². The fourth-order valence-electron chi connectivity index (χ4n) is 2.68. The van der Waals surface area contributed by atoms with Crippen molar-refractivity contribution in [3.8, 4) is 5.75 Å². The Hall–Kier alpha value is -1.97. The normalized spacial score (nSPS) is 10.4. The minimum Gasteiger partial charge on any atom is -1.00 e. The highest BCUT2D eigenvalue weighted by Crippen LogP contribution is 2.26. The lowest BCUT2D eigenvalue weighted by Crippen LogP contribution is -3.61. The molecule has 0 spiro atoms. The molecule has 0 aliphatic carbocycles. The third-order valence-electron chi connectivity index (χ3n) is 4.14. The highest BCUT2D eigenvalue weighted by molar-refractivity contribution is 7.22. The van der Waals surface area contributed by atoms with E-state index in [2.05, 4.69) is 28.5 Å². The number of methoxy groups -OCH3 is 1. The first-order valence-corrected chi connectivity index (χ1v) is 11.7. The summed E-state index contributed by atoms with van der Waals surface area (Å²) >= 11 is 1.21. The van der Waals surface area contributed by atoms with Crippen molar-refractivity contribution >= 4 is 32.6 Å². The molecule has 1 heterocycles. The van der Waals surface area contributed by atoms with Crippen LogP contribution in [0, 0.1) is 14.1 Å². The number of carbonyl (C=O) groups excluding carboxylic acids is 1. The van der Waals surface area contributed by atoms with Gasteiger partial charge in [-0.2, -0.15) is 0 Å². The van der Waals surface area contributed by atoms with Crippen molar-refractivity contribution in [2.24, 2.45) is 0 Å². The van der Waals surface area contributed by atoms with E-state index in [4.69, 9.17) is 4.74 Å². The number of hydrogen-bond donors (Lipinski definition) is 1. The van der Waals surface area contributed by atoms with Crippen molar-refractivity contribution in [1.82, 2.24) is 4.98 Å². The Morgan fingerprint density at radius 1 is 1.00 bits per heavy atom. The van der Waals surface area contributed by atoms with E-state index in [0.717, 1.165) is 16.0 Å². The second-order valence-corrected chi connectivity index (χ2v) is 10.3. The van der Waals surface area contributed by atoms with Gasteiger partial charge in [-0.1, -0.05) is 17.4 Å². The van der Waals surface area contributed by atoms with Crippen LogP contribution in [0.4, 0.5) is 5.13 Å². The van der Waals surface area contributed by atoms with Gasteiger partial charge in [0.15, 0.2) is 12.3 Å². The fourth-order valence-corrected chi connectivity index (χ4v) is 5.80. The van der Waals surface area contributed by atoms with Crippen molar-refractivity contribution in [1.29, 1.82) is 0 Å². The van der Waals surface area contributed by atoms with Crippen molar-refractivity contribution in [2.75, 3.05) is 12.4 Å². The Morgan fingerprint density at radius 2 is 1.66 bits per heavy atom. The number of aromatic nitrogens is 1. The Bertz CT molecular complexity index is 1130. The summed E-state index contributed by atoms with van der Waals surface area (Å²) in [4.78, 5) is 17.0. The van der Waals surface area contributed by atoms with Gasteiger partial charge in [-0.05, 0) is 73.2 Å². The summed E-state index contributed by atoms with van der Waals surface area (Å²) in [5, 5.41) is 3.54. The van der Waals surface area contributed by atoms with Gasteiger partial charge in [0.1, 0.15) is 5.75 Å². The van der Waals surface area contributed by atoms with Crippen molar-refractivity contribution in [3.63, 3.8) is 0 Å². The van der Waals surface area contributed by atoms with Gasteiger partial charge in [-0.3, -0.25) is 10.1 Å². The molecule has 0 unspecified atom stereocenters. The van der Waals surface area contributed by atoms with Crippen LogP contribution in [0.25, 0.3) is 10.2 Å². The number of fused-ring (bicyclic) bond motifs is 1. The molecule has 1 aromatic heterocycles. The van der Waals surface area contributed by atoms with E-state index < -0.39 is 0 Å². The maximum Gasteiger partial charge on any atom is 0.357 e. The summed E-state index contributed by atoms with van der Waals surface area (Å²) in [6, 6.07) is 22.1. The molecule has 0 bridgehead atoms. The van der Waals surface area contributed by atoms with Crippen LogP contribution in [-0.2, 0) is 0 Å². The third kappa shape index (κ3) is 5.34. The SMILES string of the molecule is COc1ccc([I+]c2ccc(C(=O)Nc3nc4ccc(C)cc4s3)cc2)cc1.[Br-]. The number of nitrogens with zero attached hydrogens (tertiary/aromatic N) is 1. The molecule has 1 N–H and O–H groups in total. The first-order valence-electron chi connectivity index (χ1n) is 8.68. The molecule has 0 saturated heterocycles. The average Bonchev–Trinajstić information content (AvgIpc) is 3.10. The third-order valence-corrected chi connectivity index (χ3v) is 7.76. The highest BCUT2D eigenvalue weighted by atomic mass is 127. The van der Waals surface area contributed by atoms with Crippen LogP contribution in [-0.4, -0.2) is 18.0 Å². The molecule has 0 fully saturated rings. The van der Waals surface area contributed by atoms with E-state index in [1.165, 1.54) is 24.0 Å². The van der Waals surface area contributed by atoms with Crippen LogP contribution in [0.1, 0.15) is 15.9 Å². The number of aryl methyl sites for hydroxylation is 1. The van der Waals surface area contributed by atoms with E-state index in [9.17, 15) is 4.79 Å². The second kappa shape index (κ2) is 9.69. The summed E-state index contributed by atoms with van der Waals surface area (Å²) in [6.45, 7) is 2.05. The molecule has 0 radical (unpaired) electrons. The maximum absolute atomic E-state index is 12.5. The molecule has 4 rings (SSSR count). The van der Waals surface area contributed by atoms with E-state index in [0.29, 0.717) is 10.7 Å². The molecule has 148 valence electrons. The molecule has 0 aliphatic rings.